The van der Waals surface area contributed by atoms with Gasteiger partial charge >= 0.3 is 0 Å². The Morgan fingerprint density at radius 2 is 1.70 bits per heavy atom. The Hall–Kier alpha value is -4.04. The van der Waals surface area contributed by atoms with E-state index < -0.39 is 0 Å². The maximum atomic E-state index is 12.3. The lowest BCUT2D eigenvalue weighted by atomic mass is 10.0. The van der Waals surface area contributed by atoms with Gasteiger partial charge in [0.15, 0.2) is 6.61 Å². The van der Waals surface area contributed by atoms with Crippen molar-refractivity contribution in [1.29, 1.82) is 5.26 Å². The van der Waals surface area contributed by atoms with Crippen molar-refractivity contribution >= 4 is 16.9 Å². The van der Waals surface area contributed by atoms with Crippen molar-refractivity contribution < 1.29 is 13.9 Å². The molecule has 0 spiro atoms. The van der Waals surface area contributed by atoms with Gasteiger partial charge in [-0.1, -0.05) is 42.5 Å². The van der Waals surface area contributed by atoms with Gasteiger partial charge in [-0.3, -0.25) is 4.79 Å². The molecule has 1 aromatic heterocycles. The van der Waals surface area contributed by atoms with Crippen molar-refractivity contribution in [2.45, 2.75) is 13.0 Å². The number of nitriles is 1. The normalized spacial score (nSPS) is 11.6. The molecular weight excluding hydrogens is 376 g/mol. The standard InChI is InChI=1S/C25H20N2O3/c1-17(24-14-21-4-2-3-5-23(21)30-24)27-25(28)16-29-22-12-10-20(11-13-22)19-8-6-18(15-26)7-9-19/h2-14,17H,16H2,1H3,(H,27,28)/t17-/m0/s1. The third-order valence-corrected chi connectivity index (χ3v) is 4.82. The Balaban J connectivity index is 1.32. The summed E-state index contributed by atoms with van der Waals surface area (Å²) in [5.41, 5.74) is 3.45. The van der Waals surface area contributed by atoms with E-state index >= 15 is 0 Å². The molecule has 1 heterocycles. The average Bonchev–Trinajstić information content (AvgIpc) is 3.23. The predicted molar refractivity (Wildman–Crippen MR) is 115 cm³/mol. The number of ether oxygens (including phenoxy) is 1. The number of para-hydroxylation sites is 1. The van der Waals surface area contributed by atoms with E-state index in [0.717, 1.165) is 22.1 Å². The number of benzene rings is 3. The fourth-order valence-electron chi connectivity index (χ4n) is 3.20. The zero-order valence-corrected chi connectivity index (χ0v) is 16.5. The number of carbonyl (C=O) groups excluding carboxylic acids is 1. The van der Waals surface area contributed by atoms with Gasteiger partial charge in [-0.25, -0.2) is 0 Å². The highest BCUT2D eigenvalue weighted by molar-refractivity contribution is 5.80. The van der Waals surface area contributed by atoms with Crippen molar-refractivity contribution in [3.63, 3.8) is 0 Å². The van der Waals surface area contributed by atoms with Crippen LogP contribution >= 0.6 is 0 Å². The van der Waals surface area contributed by atoms with E-state index in [1.807, 2.05) is 73.7 Å². The molecule has 5 nitrogen and oxygen atoms in total. The maximum absolute atomic E-state index is 12.3. The smallest absolute Gasteiger partial charge is 0.258 e. The number of nitrogens with zero attached hydrogens (tertiary/aromatic N) is 1. The highest BCUT2D eigenvalue weighted by Crippen LogP contribution is 2.24. The quantitative estimate of drug-likeness (QED) is 0.484. The van der Waals surface area contributed by atoms with E-state index in [2.05, 4.69) is 11.4 Å². The first-order chi connectivity index (χ1) is 14.6. The molecule has 0 unspecified atom stereocenters. The van der Waals surface area contributed by atoms with E-state index in [9.17, 15) is 4.79 Å². The van der Waals surface area contributed by atoms with Gasteiger partial charge in [0.05, 0.1) is 17.7 Å². The molecule has 0 saturated heterocycles. The molecule has 5 heteroatoms. The summed E-state index contributed by atoms with van der Waals surface area (Å²) in [4.78, 5) is 12.3. The minimum atomic E-state index is -0.257. The number of amides is 1. The van der Waals surface area contributed by atoms with Gasteiger partial charge in [-0.2, -0.15) is 5.26 Å². The summed E-state index contributed by atoms with van der Waals surface area (Å²) in [5, 5.41) is 12.8. The molecule has 0 aliphatic carbocycles. The van der Waals surface area contributed by atoms with Crippen LogP contribution in [-0.4, -0.2) is 12.5 Å². The van der Waals surface area contributed by atoms with Gasteiger partial charge in [0.1, 0.15) is 17.1 Å². The maximum Gasteiger partial charge on any atom is 0.258 e. The fourth-order valence-corrected chi connectivity index (χ4v) is 3.20. The number of rotatable bonds is 6. The SMILES string of the molecule is C[C@H](NC(=O)COc1ccc(-c2ccc(C#N)cc2)cc1)c1cc2ccccc2o1. The number of furan rings is 1. The number of nitrogens with one attached hydrogen (secondary N) is 1. The van der Waals surface area contributed by atoms with Crippen molar-refractivity contribution in [1.82, 2.24) is 5.32 Å². The molecular formula is C25H20N2O3. The molecule has 3 aromatic carbocycles. The van der Waals surface area contributed by atoms with Gasteiger partial charge in [-0.15, -0.1) is 0 Å². The largest absolute Gasteiger partial charge is 0.484 e. The summed E-state index contributed by atoms with van der Waals surface area (Å²) < 4.78 is 11.4. The fraction of sp³-hybridized carbons (Fsp3) is 0.120. The number of hydrogen-bond donors (Lipinski definition) is 1. The zero-order valence-electron chi connectivity index (χ0n) is 16.5. The van der Waals surface area contributed by atoms with Crippen LogP contribution in [0.25, 0.3) is 22.1 Å². The van der Waals surface area contributed by atoms with Gasteiger partial charge in [0, 0.05) is 5.39 Å². The lowest BCUT2D eigenvalue weighted by Gasteiger charge is -2.12. The van der Waals surface area contributed by atoms with Crippen LogP contribution < -0.4 is 10.1 Å². The Morgan fingerprint density at radius 1 is 1.03 bits per heavy atom. The molecule has 0 aliphatic rings. The van der Waals surface area contributed by atoms with Crippen molar-refractivity contribution in [2.24, 2.45) is 0 Å². The molecule has 0 saturated carbocycles. The highest BCUT2D eigenvalue weighted by Gasteiger charge is 2.14. The van der Waals surface area contributed by atoms with Crippen LogP contribution in [0.2, 0.25) is 0 Å². The molecule has 1 atom stereocenters. The van der Waals surface area contributed by atoms with Crippen LogP contribution in [0.15, 0.2) is 83.3 Å². The van der Waals surface area contributed by atoms with Crippen LogP contribution in [0.1, 0.15) is 24.3 Å². The Kier molecular flexibility index (Phi) is 5.49. The van der Waals surface area contributed by atoms with Crippen LogP contribution in [0, 0.1) is 11.3 Å². The summed E-state index contributed by atoms with van der Waals surface area (Å²) in [7, 11) is 0. The predicted octanol–water partition coefficient (Wildman–Crippen LogP) is 5.23. The molecule has 30 heavy (non-hydrogen) atoms. The highest BCUT2D eigenvalue weighted by atomic mass is 16.5. The Bertz CT molecular complexity index is 1170. The summed E-state index contributed by atoms with van der Waals surface area (Å²) in [6, 6.07) is 26.4. The van der Waals surface area contributed by atoms with E-state index in [1.165, 1.54) is 0 Å². The van der Waals surface area contributed by atoms with Crippen molar-refractivity contribution in [3.8, 4) is 22.9 Å². The zero-order chi connectivity index (χ0) is 20.9. The molecule has 1 N–H and O–H groups in total. The second-order valence-electron chi connectivity index (χ2n) is 6.98. The van der Waals surface area contributed by atoms with E-state index in [-0.39, 0.29) is 18.6 Å². The molecule has 1 amide bonds. The third kappa shape index (κ3) is 4.34. The Labute approximate surface area is 174 Å². The molecule has 0 radical (unpaired) electrons. The van der Waals surface area contributed by atoms with Crippen LogP contribution in [0.5, 0.6) is 5.75 Å². The second kappa shape index (κ2) is 8.54. The summed E-state index contributed by atoms with van der Waals surface area (Å²) in [5.74, 6) is 1.09. The summed E-state index contributed by atoms with van der Waals surface area (Å²) in [6.07, 6.45) is 0. The average molecular weight is 396 g/mol. The molecule has 4 aromatic rings. The van der Waals surface area contributed by atoms with E-state index in [0.29, 0.717) is 17.1 Å². The molecule has 0 bridgehead atoms. The molecule has 0 fully saturated rings. The summed E-state index contributed by atoms with van der Waals surface area (Å²) >= 11 is 0. The van der Waals surface area contributed by atoms with Gasteiger partial charge in [0.2, 0.25) is 0 Å². The third-order valence-electron chi connectivity index (χ3n) is 4.82. The van der Waals surface area contributed by atoms with Crippen LogP contribution in [0.3, 0.4) is 0 Å². The molecule has 4 rings (SSSR count). The van der Waals surface area contributed by atoms with Gasteiger partial charge < -0.3 is 14.5 Å². The van der Waals surface area contributed by atoms with E-state index in [4.69, 9.17) is 14.4 Å². The van der Waals surface area contributed by atoms with Crippen molar-refractivity contribution in [2.75, 3.05) is 6.61 Å². The number of fused-ring (bicyclic) bond motifs is 1. The first kappa shape index (κ1) is 19.3. The lowest BCUT2D eigenvalue weighted by Crippen LogP contribution is -2.31. The second-order valence-corrected chi connectivity index (χ2v) is 6.98. The Morgan fingerprint density at radius 3 is 2.37 bits per heavy atom. The van der Waals surface area contributed by atoms with Crippen LogP contribution in [0.4, 0.5) is 0 Å². The monoisotopic (exact) mass is 396 g/mol. The molecule has 0 aliphatic heterocycles. The topological polar surface area (TPSA) is 75.3 Å². The van der Waals surface area contributed by atoms with Crippen molar-refractivity contribution in [3.05, 3.63) is 90.2 Å². The minimum Gasteiger partial charge on any atom is -0.484 e. The first-order valence-electron chi connectivity index (χ1n) is 9.63. The summed E-state index contributed by atoms with van der Waals surface area (Å²) in [6.45, 7) is 1.79. The number of carbonyl (C=O) groups is 1. The molecule has 148 valence electrons. The van der Waals surface area contributed by atoms with E-state index in [1.54, 1.807) is 12.1 Å². The first-order valence-corrected chi connectivity index (χ1v) is 9.63. The van der Waals surface area contributed by atoms with Crippen LogP contribution in [-0.2, 0) is 4.79 Å². The minimum absolute atomic E-state index is 0.0826. The van der Waals surface area contributed by atoms with Gasteiger partial charge in [0.25, 0.3) is 5.91 Å². The van der Waals surface area contributed by atoms with Gasteiger partial charge in [-0.05, 0) is 54.4 Å². The number of hydrogen-bond acceptors (Lipinski definition) is 4. The lowest BCUT2D eigenvalue weighted by molar-refractivity contribution is -0.123.